The second-order valence-electron chi connectivity index (χ2n) is 6.79. The van der Waals surface area contributed by atoms with Crippen LogP contribution in [-0.2, 0) is 0 Å². The van der Waals surface area contributed by atoms with Gasteiger partial charge >= 0.3 is 0 Å². The number of rotatable bonds is 7. The molecular weight excluding hydrogens is 340 g/mol. The molecule has 3 rings (SSSR count). The van der Waals surface area contributed by atoms with Crippen LogP contribution in [0.4, 0.5) is 0 Å². The van der Waals surface area contributed by atoms with Crippen molar-refractivity contribution >= 4 is 11.6 Å². The van der Waals surface area contributed by atoms with Gasteiger partial charge in [-0.1, -0.05) is 84.4 Å². The largest absolute Gasteiger partial charge is 0.308 e. The summed E-state index contributed by atoms with van der Waals surface area (Å²) in [7, 11) is 4.22. The van der Waals surface area contributed by atoms with Gasteiger partial charge < -0.3 is 4.90 Å². The highest BCUT2D eigenvalue weighted by molar-refractivity contribution is 6.30. The van der Waals surface area contributed by atoms with Crippen molar-refractivity contribution in [2.75, 3.05) is 20.6 Å². The van der Waals surface area contributed by atoms with E-state index in [0.29, 0.717) is 0 Å². The summed E-state index contributed by atoms with van der Waals surface area (Å²) in [6.45, 7) is 0.918. The number of halogens is 1. The predicted molar refractivity (Wildman–Crippen MR) is 111 cm³/mol. The molecule has 134 valence electrons. The molecule has 0 spiro atoms. The van der Waals surface area contributed by atoms with E-state index >= 15 is 0 Å². The zero-order valence-electron chi connectivity index (χ0n) is 15.3. The van der Waals surface area contributed by atoms with Crippen molar-refractivity contribution in [2.45, 2.75) is 12.1 Å². The van der Waals surface area contributed by atoms with E-state index < -0.39 is 0 Å². The van der Waals surface area contributed by atoms with Crippen LogP contribution in [0.5, 0.6) is 0 Å². The van der Waals surface area contributed by atoms with Crippen molar-refractivity contribution < 1.29 is 0 Å². The lowest BCUT2D eigenvalue weighted by Crippen LogP contribution is -2.34. The van der Waals surface area contributed by atoms with Gasteiger partial charge in [0.2, 0.25) is 0 Å². The molecule has 0 fully saturated rings. The standard InChI is InChI=1S/C23H25ClN2/c1-26(2)17-22(18-9-5-3-6-10-18)25-23(19-11-7-4-8-12-19)20-13-15-21(24)16-14-20/h3-16,22-23,25H,17H2,1-2H3. The minimum absolute atomic E-state index is 0.0959. The summed E-state index contributed by atoms with van der Waals surface area (Å²) in [4.78, 5) is 2.22. The normalized spacial score (nSPS) is 13.5. The van der Waals surface area contributed by atoms with Crippen LogP contribution in [0.15, 0.2) is 84.9 Å². The summed E-state index contributed by atoms with van der Waals surface area (Å²) in [6, 6.07) is 29.6. The number of hydrogen-bond acceptors (Lipinski definition) is 2. The maximum Gasteiger partial charge on any atom is 0.0581 e. The average molecular weight is 365 g/mol. The summed E-state index contributed by atoms with van der Waals surface area (Å²) in [5.41, 5.74) is 3.74. The van der Waals surface area contributed by atoms with Crippen LogP contribution in [0.2, 0.25) is 5.02 Å². The molecule has 2 unspecified atom stereocenters. The van der Waals surface area contributed by atoms with Crippen LogP contribution < -0.4 is 5.32 Å². The monoisotopic (exact) mass is 364 g/mol. The van der Waals surface area contributed by atoms with Crippen LogP contribution in [0.25, 0.3) is 0 Å². The van der Waals surface area contributed by atoms with Gasteiger partial charge in [0, 0.05) is 17.6 Å². The summed E-state index contributed by atoms with van der Waals surface area (Å²) < 4.78 is 0. The van der Waals surface area contributed by atoms with Crippen molar-refractivity contribution in [1.29, 1.82) is 0 Å². The van der Waals surface area contributed by atoms with E-state index in [-0.39, 0.29) is 12.1 Å². The molecule has 0 aliphatic carbocycles. The number of hydrogen-bond donors (Lipinski definition) is 1. The van der Waals surface area contributed by atoms with Crippen molar-refractivity contribution in [3.05, 3.63) is 107 Å². The molecule has 0 saturated carbocycles. The molecule has 3 aromatic carbocycles. The second-order valence-corrected chi connectivity index (χ2v) is 7.22. The molecule has 0 saturated heterocycles. The lowest BCUT2D eigenvalue weighted by molar-refractivity contribution is 0.330. The Kier molecular flexibility index (Phi) is 6.45. The molecule has 0 heterocycles. The van der Waals surface area contributed by atoms with Gasteiger partial charge in [0.05, 0.1) is 6.04 Å². The average Bonchev–Trinajstić information content (AvgIpc) is 2.67. The topological polar surface area (TPSA) is 15.3 Å². The summed E-state index contributed by atoms with van der Waals surface area (Å²) in [5, 5.41) is 4.63. The minimum Gasteiger partial charge on any atom is -0.308 e. The Balaban J connectivity index is 1.96. The maximum absolute atomic E-state index is 6.11. The van der Waals surface area contributed by atoms with Gasteiger partial charge in [0.1, 0.15) is 0 Å². The molecule has 3 heteroatoms. The van der Waals surface area contributed by atoms with Gasteiger partial charge in [0.15, 0.2) is 0 Å². The van der Waals surface area contributed by atoms with Gasteiger partial charge in [-0.25, -0.2) is 0 Å². The molecule has 0 radical (unpaired) electrons. The Morgan fingerprint density at radius 1 is 0.731 bits per heavy atom. The fourth-order valence-electron chi connectivity index (χ4n) is 3.19. The number of nitrogens with zero attached hydrogens (tertiary/aromatic N) is 1. The van der Waals surface area contributed by atoms with Gasteiger partial charge in [-0.15, -0.1) is 0 Å². The van der Waals surface area contributed by atoms with E-state index in [4.69, 9.17) is 11.6 Å². The first-order valence-electron chi connectivity index (χ1n) is 8.89. The molecule has 1 N–H and O–H groups in total. The number of nitrogens with one attached hydrogen (secondary N) is 1. The molecule has 2 atom stereocenters. The van der Waals surface area contributed by atoms with Crippen molar-refractivity contribution in [3.63, 3.8) is 0 Å². The lowest BCUT2D eigenvalue weighted by atomic mass is 9.96. The third kappa shape index (κ3) is 4.95. The Hall–Kier alpha value is -2.13. The fraction of sp³-hybridized carbons (Fsp3) is 0.217. The highest BCUT2D eigenvalue weighted by atomic mass is 35.5. The van der Waals surface area contributed by atoms with Crippen LogP contribution in [0.3, 0.4) is 0 Å². The Morgan fingerprint density at radius 2 is 1.23 bits per heavy atom. The molecule has 0 aliphatic heterocycles. The van der Waals surface area contributed by atoms with E-state index in [0.717, 1.165) is 11.6 Å². The molecule has 2 nitrogen and oxygen atoms in total. The SMILES string of the molecule is CN(C)CC(NC(c1ccccc1)c1ccc(Cl)cc1)c1ccccc1. The van der Waals surface area contributed by atoms with Gasteiger partial charge in [0.25, 0.3) is 0 Å². The van der Waals surface area contributed by atoms with Crippen LogP contribution >= 0.6 is 11.6 Å². The zero-order valence-corrected chi connectivity index (χ0v) is 16.0. The summed E-state index contributed by atoms with van der Waals surface area (Å²) >= 11 is 6.11. The van der Waals surface area contributed by atoms with Crippen LogP contribution in [0.1, 0.15) is 28.8 Å². The number of benzene rings is 3. The van der Waals surface area contributed by atoms with Crippen LogP contribution in [-0.4, -0.2) is 25.5 Å². The molecule has 3 aromatic rings. The van der Waals surface area contributed by atoms with Gasteiger partial charge in [-0.05, 0) is 42.9 Å². The Morgan fingerprint density at radius 3 is 1.77 bits per heavy atom. The molecule has 0 amide bonds. The third-order valence-electron chi connectivity index (χ3n) is 4.45. The van der Waals surface area contributed by atoms with E-state index in [2.05, 4.69) is 97.1 Å². The second kappa shape index (κ2) is 9.00. The predicted octanol–water partition coefficient (Wildman–Crippen LogP) is 5.32. The molecule has 0 aromatic heterocycles. The van der Waals surface area contributed by atoms with Crippen molar-refractivity contribution in [2.24, 2.45) is 0 Å². The smallest absolute Gasteiger partial charge is 0.0581 e. The first kappa shape index (κ1) is 18.7. The molecule has 26 heavy (non-hydrogen) atoms. The fourth-order valence-corrected chi connectivity index (χ4v) is 3.32. The summed E-state index contributed by atoms with van der Waals surface area (Å²) in [5.74, 6) is 0. The maximum atomic E-state index is 6.11. The van der Waals surface area contributed by atoms with E-state index in [1.54, 1.807) is 0 Å². The molecule has 0 aliphatic rings. The Labute approximate surface area is 161 Å². The van der Waals surface area contributed by atoms with Crippen molar-refractivity contribution in [3.8, 4) is 0 Å². The van der Waals surface area contributed by atoms with E-state index in [9.17, 15) is 0 Å². The van der Waals surface area contributed by atoms with Gasteiger partial charge in [-0.3, -0.25) is 5.32 Å². The first-order chi connectivity index (χ1) is 12.6. The third-order valence-corrected chi connectivity index (χ3v) is 4.71. The Bertz CT molecular complexity index is 785. The molecule has 0 bridgehead atoms. The summed E-state index contributed by atoms with van der Waals surface area (Å²) in [6.07, 6.45) is 0. The zero-order chi connectivity index (χ0) is 18.4. The lowest BCUT2D eigenvalue weighted by Gasteiger charge is -2.29. The quantitative estimate of drug-likeness (QED) is 0.610. The van der Waals surface area contributed by atoms with Crippen molar-refractivity contribution in [1.82, 2.24) is 10.2 Å². The minimum atomic E-state index is 0.0959. The first-order valence-corrected chi connectivity index (χ1v) is 9.27. The molecular formula is C23H25ClN2. The highest BCUT2D eigenvalue weighted by Crippen LogP contribution is 2.27. The number of likely N-dealkylation sites (N-methyl/N-ethyl adjacent to an activating group) is 1. The van der Waals surface area contributed by atoms with Crippen LogP contribution in [0, 0.1) is 0 Å². The van der Waals surface area contributed by atoms with Gasteiger partial charge in [-0.2, -0.15) is 0 Å². The van der Waals surface area contributed by atoms with E-state index in [1.165, 1.54) is 16.7 Å². The van der Waals surface area contributed by atoms with E-state index in [1.807, 2.05) is 12.1 Å². The highest BCUT2D eigenvalue weighted by Gasteiger charge is 2.20.